The molecule has 2 N–H and O–H groups in total. The zero-order chi connectivity index (χ0) is 18.2. The van der Waals surface area contributed by atoms with Crippen molar-refractivity contribution < 1.29 is 9.84 Å². The third-order valence-electron chi connectivity index (χ3n) is 5.23. The lowest BCUT2D eigenvalue weighted by Gasteiger charge is -2.42. The molecule has 2 aromatic carbocycles. The lowest BCUT2D eigenvalue weighted by molar-refractivity contribution is 0.102. The maximum atomic E-state index is 9.27. The van der Waals surface area contributed by atoms with Gasteiger partial charge in [0.2, 0.25) is 0 Å². The summed E-state index contributed by atoms with van der Waals surface area (Å²) in [7, 11) is 1.73. The molecule has 0 aromatic heterocycles. The summed E-state index contributed by atoms with van der Waals surface area (Å²) in [4.78, 5) is 2.52. The van der Waals surface area contributed by atoms with E-state index in [1.165, 1.54) is 17.5 Å². The van der Waals surface area contributed by atoms with Gasteiger partial charge in [-0.15, -0.1) is 0 Å². The Hall–Kier alpha value is -1.88. The van der Waals surface area contributed by atoms with Gasteiger partial charge in [0.1, 0.15) is 5.75 Å². The SMILES string of the molecule is COc1ccccc1CN[C@H]1CCCN(CCCO)[C@H]1c1ccccc1. The van der Waals surface area contributed by atoms with Crippen LogP contribution in [0.1, 0.15) is 36.4 Å². The zero-order valence-corrected chi connectivity index (χ0v) is 15.6. The molecule has 0 saturated carbocycles. The Morgan fingerprint density at radius 1 is 1.12 bits per heavy atom. The standard InChI is InChI=1S/C22H30N2O2/c1-26-21-13-6-5-11-19(21)17-23-20-12-7-14-24(15-8-16-25)22(20)18-9-3-2-4-10-18/h2-6,9-11,13,20,22-23,25H,7-8,12,14-17H2,1H3/t20-,22-/m0/s1. The summed E-state index contributed by atoms with van der Waals surface area (Å²) in [6, 6.07) is 19.7. The van der Waals surface area contributed by atoms with Crippen LogP contribution in [0.25, 0.3) is 0 Å². The third kappa shape index (κ3) is 4.64. The number of aliphatic hydroxyl groups is 1. The largest absolute Gasteiger partial charge is 0.496 e. The number of benzene rings is 2. The number of para-hydroxylation sites is 1. The molecular weight excluding hydrogens is 324 g/mol. The van der Waals surface area contributed by atoms with Crippen molar-refractivity contribution in [3.05, 3.63) is 65.7 Å². The van der Waals surface area contributed by atoms with E-state index in [0.29, 0.717) is 12.1 Å². The molecule has 1 saturated heterocycles. The number of likely N-dealkylation sites (tertiary alicyclic amines) is 1. The van der Waals surface area contributed by atoms with E-state index in [4.69, 9.17) is 4.74 Å². The third-order valence-corrected chi connectivity index (χ3v) is 5.23. The molecule has 0 unspecified atom stereocenters. The summed E-state index contributed by atoms with van der Waals surface area (Å²) in [5.74, 6) is 0.934. The molecule has 26 heavy (non-hydrogen) atoms. The number of piperidine rings is 1. The van der Waals surface area contributed by atoms with Crippen molar-refractivity contribution >= 4 is 0 Å². The Bertz CT molecular complexity index is 662. The van der Waals surface area contributed by atoms with E-state index in [0.717, 1.165) is 38.2 Å². The molecule has 2 aromatic rings. The summed E-state index contributed by atoms with van der Waals surface area (Å²) < 4.78 is 5.49. The maximum absolute atomic E-state index is 9.27. The summed E-state index contributed by atoms with van der Waals surface area (Å²) in [6.45, 7) is 3.07. The van der Waals surface area contributed by atoms with Gasteiger partial charge in [0.15, 0.2) is 0 Å². The van der Waals surface area contributed by atoms with Gasteiger partial charge < -0.3 is 15.2 Å². The number of hydrogen-bond acceptors (Lipinski definition) is 4. The minimum Gasteiger partial charge on any atom is -0.496 e. The van der Waals surface area contributed by atoms with Gasteiger partial charge in [0.05, 0.1) is 13.2 Å². The minimum absolute atomic E-state index is 0.247. The topological polar surface area (TPSA) is 44.7 Å². The fourth-order valence-electron chi connectivity index (χ4n) is 3.99. The van der Waals surface area contributed by atoms with Gasteiger partial charge >= 0.3 is 0 Å². The van der Waals surface area contributed by atoms with Crippen molar-refractivity contribution in [2.75, 3.05) is 26.8 Å². The quantitative estimate of drug-likeness (QED) is 0.763. The van der Waals surface area contributed by atoms with Crippen LogP contribution >= 0.6 is 0 Å². The Kier molecular flexibility index (Phi) is 7.06. The Labute approximate surface area is 156 Å². The average molecular weight is 354 g/mol. The van der Waals surface area contributed by atoms with Crippen molar-refractivity contribution in [1.29, 1.82) is 0 Å². The van der Waals surface area contributed by atoms with E-state index in [9.17, 15) is 5.11 Å². The first-order chi connectivity index (χ1) is 12.8. The summed E-state index contributed by atoms with van der Waals surface area (Å²) in [5.41, 5.74) is 2.54. The van der Waals surface area contributed by atoms with Crippen LogP contribution in [0.4, 0.5) is 0 Å². The molecule has 0 aliphatic carbocycles. The fraction of sp³-hybridized carbons (Fsp3) is 0.455. The summed E-state index contributed by atoms with van der Waals surface area (Å²) in [6.07, 6.45) is 3.16. The second-order valence-electron chi connectivity index (χ2n) is 6.91. The number of hydrogen-bond donors (Lipinski definition) is 2. The molecule has 2 atom stereocenters. The van der Waals surface area contributed by atoms with Crippen molar-refractivity contribution in [1.82, 2.24) is 10.2 Å². The fourth-order valence-corrected chi connectivity index (χ4v) is 3.99. The highest BCUT2D eigenvalue weighted by molar-refractivity contribution is 5.33. The van der Waals surface area contributed by atoms with Crippen LogP contribution in [0.3, 0.4) is 0 Å². The number of methoxy groups -OCH3 is 1. The second kappa shape index (κ2) is 9.72. The molecular formula is C22H30N2O2. The van der Waals surface area contributed by atoms with Gasteiger partial charge in [-0.05, 0) is 37.4 Å². The van der Waals surface area contributed by atoms with Crippen LogP contribution in [0.15, 0.2) is 54.6 Å². The van der Waals surface area contributed by atoms with Gasteiger partial charge in [-0.2, -0.15) is 0 Å². The molecule has 4 nitrogen and oxygen atoms in total. The molecule has 3 rings (SSSR count). The first kappa shape index (κ1) is 18.9. The van der Waals surface area contributed by atoms with E-state index in [2.05, 4.69) is 52.7 Å². The van der Waals surface area contributed by atoms with E-state index < -0.39 is 0 Å². The second-order valence-corrected chi connectivity index (χ2v) is 6.91. The first-order valence-corrected chi connectivity index (χ1v) is 9.58. The molecule has 0 spiro atoms. The number of nitrogens with zero attached hydrogens (tertiary/aromatic N) is 1. The van der Waals surface area contributed by atoms with E-state index >= 15 is 0 Å². The molecule has 0 bridgehead atoms. The van der Waals surface area contributed by atoms with Crippen LogP contribution in [0.2, 0.25) is 0 Å². The number of nitrogens with one attached hydrogen (secondary N) is 1. The highest BCUT2D eigenvalue weighted by Gasteiger charge is 2.32. The first-order valence-electron chi connectivity index (χ1n) is 9.58. The molecule has 1 fully saturated rings. The Morgan fingerprint density at radius 2 is 1.88 bits per heavy atom. The molecule has 140 valence electrons. The lowest BCUT2D eigenvalue weighted by atomic mass is 9.90. The van der Waals surface area contributed by atoms with Gasteiger partial charge in [-0.25, -0.2) is 0 Å². The molecule has 1 aliphatic heterocycles. The van der Waals surface area contributed by atoms with Crippen LogP contribution < -0.4 is 10.1 Å². The lowest BCUT2D eigenvalue weighted by Crippen LogP contribution is -2.48. The Balaban J connectivity index is 1.76. The van der Waals surface area contributed by atoms with Gasteiger partial charge in [-0.3, -0.25) is 4.90 Å². The van der Waals surface area contributed by atoms with Crippen molar-refractivity contribution in [2.24, 2.45) is 0 Å². The summed E-state index contributed by atoms with van der Waals surface area (Å²) in [5, 5.41) is 13.1. The molecule has 0 amide bonds. The average Bonchev–Trinajstić information content (AvgIpc) is 2.71. The van der Waals surface area contributed by atoms with Gasteiger partial charge in [0.25, 0.3) is 0 Å². The zero-order valence-electron chi connectivity index (χ0n) is 15.6. The van der Waals surface area contributed by atoms with Crippen LogP contribution in [-0.4, -0.2) is 42.9 Å². The molecule has 0 radical (unpaired) electrons. The van der Waals surface area contributed by atoms with Gasteiger partial charge in [0, 0.05) is 31.3 Å². The smallest absolute Gasteiger partial charge is 0.123 e. The number of aliphatic hydroxyl groups excluding tert-OH is 1. The number of ether oxygens (including phenoxy) is 1. The van der Waals surface area contributed by atoms with Crippen molar-refractivity contribution in [3.63, 3.8) is 0 Å². The summed E-state index contributed by atoms with van der Waals surface area (Å²) >= 11 is 0. The van der Waals surface area contributed by atoms with Crippen LogP contribution in [-0.2, 0) is 6.54 Å². The molecule has 1 heterocycles. The van der Waals surface area contributed by atoms with Crippen molar-refractivity contribution in [3.8, 4) is 5.75 Å². The van der Waals surface area contributed by atoms with Gasteiger partial charge in [-0.1, -0.05) is 48.5 Å². The molecule has 4 heteroatoms. The highest BCUT2D eigenvalue weighted by Crippen LogP contribution is 2.32. The van der Waals surface area contributed by atoms with E-state index in [1.54, 1.807) is 7.11 Å². The minimum atomic E-state index is 0.247. The van der Waals surface area contributed by atoms with Crippen LogP contribution in [0, 0.1) is 0 Å². The molecule has 1 aliphatic rings. The maximum Gasteiger partial charge on any atom is 0.123 e. The van der Waals surface area contributed by atoms with E-state index in [-0.39, 0.29) is 6.61 Å². The van der Waals surface area contributed by atoms with Crippen molar-refractivity contribution in [2.45, 2.75) is 37.9 Å². The normalized spacial score (nSPS) is 20.8. The number of rotatable bonds is 8. The Morgan fingerprint density at radius 3 is 2.65 bits per heavy atom. The van der Waals surface area contributed by atoms with Crippen LogP contribution in [0.5, 0.6) is 5.75 Å². The monoisotopic (exact) mass is 354 g/mol. The predicted molar refractivity (Wildman–Crippen MR) is 105 cm³/mol. The predicted octanol–water partition coefficient (Wildman–Crippen LogP) is 3.37. The highest BCUT2D eigenvalue weighted by atomic mass is 16.5. The van der Waals surface area contributed by atoms with E-state index in [1.807, 2.05) is 12.1 Å².